The molecule has 13 nitrogen and oxygen atoms in total. The van der Waals surface area contributed by atoms with Crippen molar-refractivity contribution in [3.8, 4) is 23.0 Å². The van der Waals surface area contributed by atoms with Gasteiger partial charge in [-0.05, 0) is 54.1 Å². The zero-order valence-electron chi connectivity index (χ0n) is 22.2. The highest BCUT2D eigenvalue weighted by molar-refractivity contribution is 7.85. The van der Waals surface area contributed by atoms with Crippen LogP contribution in [0.2, 0.25) is 0 Å². The lowest BCUT2D eigenvalue weighted by Gasteiger charge is -2.32. The number of ether oxygens (including phenoxy) is 4. The van der Waals surface area contributed by atoms with Crippen molar-refractivity contribution in [3.05, 3.63) is 76.9 Å². The normalized spacial score (nSPS) is 13.4. The summed E-state index contributed by atoms with van der Waals surface area (Å²) in [5.41, 5.74) is 9.82. The zero-order valence-corrected chi connectivity index (χ0v) is 23.0. The number of nitrogens with zero attached hydrogens (tertiary/aromatic N) is 6. The monoisotopic (exact) mass is 558 g/mol. The van der Waals surface area contributed by atoms with Crippen molar-refractivity contribution in [2.75, 3.05) is 46.1 Å². The smallest absolute Gasteiger partial charge is 0.264 e. The summed E-state index contributed by atoms with van der Waals surface area (Å²) in [5, 5.41) is 3.81. The summed E-state index contributed by atoms with van der Waals surface area (Å²) in [5.74, 6) is 2.50. The molecule has 0 aliphatic rings. The molecule has 2 aromatic carbocycles. The molecular formula is C25H30N6O7S. The summed E-state index contributed by atoms with van der Waals surface area (Å²) >= 11 is 0. The topological polar surface area (TPSA) is 158 Å². The van der Waals surface area contributed by atoms with Gasteiger partial charge in [0.05, 0.1) is 27.1 Å². The average molecular weight is 559 g/mol. The maximum atomic E-state index is 11.8. The van der Waals surface area contributed by atoms with Gasteiger partial charge in [-0.3, -0.25) is 4.18 Å². The van der Waals surface area contributed by atoms with Crippen molar-refractivity contribution in [2.24, 2.45) is 5.11 Å². The highest BCUT2D eigenvalue weighted by Gasteiger charge is 2.36. The van der Waals surface area contributed by atoms with E-state index in [0.717, 1.165) is 6.26 Å². The van der Waals surface area contributed by atoms with E-state index in [1.807, 2.05) is 0 Å². The summed E-state index contributed by atoms with van der Waals surface area (Å²) in [4.78, 5) is 13.4. The summed E-state index contributed by atoms with van der Waals surface area (Å²) in [7, 11) is 2.82. The molecular weight excluding hydrogens is 528 g/mol. The fourth-order valence-corrected chi connectivity index (χ4v) is 3.83. The Bertz CT molecular complexity index is 1350. The number of hydrogen-bond acceptors (Lipinski definition) is 11. The Morgan fingerprint density at radius 1 is 0.897 bits per heavy atom. The van der Waals surface area contributed by atoms with Gasteiger partial charge in [0.1, 0.15) is 29.0 Å². The summed E-state index contributed by atoms with van der Waals surface area (Å²) in [6.45, 7) is -0.497. The molecule has 0 spiro atoms. The molecule has 0 saturated carbocycles. The van der Waals surface area contributed by atoms with Crippen LogP contribution in [-0.4, -0.2) is 71.7 Å². The first-order chi connectivity index (χ1) is 18.6. The third-order valence-electron chi connectivity index (χ3n) is 5.37. The third kappa shape index (κ3) is 8.64. The van der Waals surface area contributed by atoms with Gasteiger partial charge in [-0.2, -0.15) is 8.42 Å². The molecule has 0 radical (unpaired) electrons. The fourth-order valence-electron chi connectivity index (χ4n) is 3.44. The molecule has 1 aromatic heterocycles. The number of rotatable bonds is 14. The molecule has 0 saturated heterocycles. The highest BCUT2D eigenvalue weighted by Crippen LogP contribution is 2.32. The van der Waals surface area contributed by atoms with Gasteiger partial charge in [-0.15, -0.1) is 0 Å². The first-order valence-electron chi connectivity index (χ1n) is 11.6. The summed E-state index contributed by atoms with van der Waals surface area (Å²) in [6.07, 6.45) is 1.96. The maximum absolute atomic E-state index is 11.8. The predicted molar refractivity (Wildman–Crippen MR) is 144 cm³/mol. The minimum absolute atomic E-state index is 0.382. The second kappa shape index (κ2) is 13.5. The van der Waals surface area contributed by atoms with Crippen LogP contribution in [0.1, 0.15) is 11.7 Å². The number of methoxy groups -OCH3 is 2. The van der Waals surface area contributed by atoms with Crippen LogP contribution in [0.25, 0.3) is 10.4 Å². The number of anilines is 1. The fraction of sp³-hybridized carbons (Fsp3) is 0.360. The molecule has 1 heterocycles. The molecule has 208 valence electrons. The number of aromatic nitrogens is 2. The minimum atomic E-state index is -3.87. The van der Waals surface area contributed by atoms with E-state index in [0.29, 0.717) is 34.5 Å². The Kier molecular flexibility index (Phi) is 10.1. The van der Waals surface area contributed by atoms with Gasteiger partial charge in [0.2, 0.25) is 5.95 Å². The molecule has 0 aliphatic carbocycles. The first-order valence-corrected chi connectivity index (χ1v) is 13.4. The van der Waals surface area contributed by atoms with E-state index in [4.69, 9.17) is 23.1 Å². The van der Waals surface area contributed by atoms with Gasteiger partial charge in [0.15, 0.2) is 12.2 Å². The van der Waals surface area contributed by atoms with Crippen LogP contribution in [0.5, 0.6) is 23.0 Å². The van der Waals surface area contributed by atoms with Gasteiger partial charge in [-0.25, -0.2) is 9.97 Å². The molecule has 0 unspecified atom stereocenters. The average Bonchev–Trinajstić information content (AvgIpc) is 2.93. The van der Waals surface area contributed by atoms with E-state index < -0.39 is 35.0 Å². The lowest BCUT2D eigenvalue weighted by molar-refractivity contribution is 0.0257. The molecule has 0 bridgehead atoms. The van der Waals surface area contributed by atoms with Gasteiger partial charge in [0, 0.05) is 37.0 Å². The van der Waals surface area contributed by atoms with E-state index in [1.165, 1.54) is 7.11 Å². The third-order valence-corrected chi connectivity index (χ3v) is 5.94. The SMILES string of the molecule is COc1ccc(O[C@H]([C@H](COS(C)(=O)=O)N=[N+]=[N-])[C@H](Oc2ccc(OC)cc2)c2cnc(N(C)C)nc2)cc1. The molecule has 0 amide bonds. The largest absolute Gasteiger partial charge is 0.497 e. The molecule has 39 heavy (non-hydrogen) atoms. The molecule has 3 atom stereocenters. The second-order valence-corrected chi connectivity index (χ2v) is 10.1. The quantitative estimate of drug-likeness (QED) is 0.123. The lowest BCUT2D eigenvalue weighted by atomic mass is 10.0. The van der Waals surface area contributed by atoms with Crippen molar-refractivity contribution in [1.29, 1.82) is 0 Å². The van der Waals surface area contributed by atoms with Gasteiger partial charge < -0.3 is 23.8 Å². The molecule has 3 rings (SSSR count). The van der Waals surface area contributed by atoms with Crippen LogP contribution in [0.15, 0.2) is 66.0 Å². The zero-order chi connectivity index (χ0) is 28.4. The molecule has 0 N–H and O–H groups in total. The van der Waals surface area contributed by atoms with Crippen molar-refractivity contribution >= 4 is 16.1 Å². The van der Waals surface area contributed by atoms with E-state index >= 15 is 0 Å². The molecule has 14 heteroatoms. The van der Waals surface area contributed by atoms with Crippen molar-refractivity contribution in [2.45, 2.75) is 18.2 Å². The van der Waals surface area contributed by atoms with Gasteiger partial charge in [-0.1, -0.05) is 5.11 Å². The van der Waals surface area contributed by atoms with E-state index in [2.05, 4.69) is 20.0 Å². The standard InChI is InChI=1S/C25H30N6O7S/c1-31(2)25-27-14-17(15-28-25)23(37-20-10-6-18(34-3)7-11-20)24(22(29-30-26)16-36-39(5,32)33)38-21-12-8-19(35-4)9-13-21/h6-15,22-24H,16H2,1-5H3/t22-,23+,24+/m0/s1. The Labute approximate surface area is 227 Å². The van der Waals surface area contributed by atoms with Crippen molar-refractivity contribution in [3.63, 3.8) is 0 Å². The Morgan fingerprint density at radius 3 is 1.82 bits per heavy atom. The van der Waals surface area contributed by atoms with Crippen LogP contribution in [0, 0.1) is 0 Å². The maximum Gasteiger partial charge on any atom is 0.264 e. The van der Waals surface area contributed by atoms with E-state index in [1.54, 1.807) is 87.0 Å². The Hall–Kier alpha value is -4.26. The van der Waals surface area contributed by atoms with Crippen molar-refractivity contribution in [1.82, 2.24) is 9.97 Å². The van der Waals surface area contributed by atoms with E-state index in [9.17, 15) is 13.9 Å². The van der Waals surface area contributed by atoms with Gasteiger partial charge in [0.25, 0.3) is 10.1 Å². The summed E-state index contributed by atoms with van der Waals surface area (Å²) in [6, 6.07) is 12.4. The Balaban J connectivity index is 2.11. The molecule has 0 aliphatic heterocycles. The van der Waals surface area contributed by atoms with Crippen LogP contribution < -0.4 is 23.8 Å². The van der Waals surface area contributed by atoms with Crippen LogP contribution in [0.4, 0.5) is 5.95 Å². The number of benzene rings is 2. The summed E-state index contributed by atoms with van der Waals surface area (Å²) < 4.78 is 51.7. The highest BCUT2D eigenvalue weighted by atomic mass is 32.2. The van der Waals surface area contributed by atoms with Crippen LogP contribution >= 0.6 is 0 Å². The van der Waals surface area contributed by atoms with Gasteiger partial charge >= 0.3 is 0 Å². The lowest BCUT2D eigenvalue weighted by Crippen LogP contribution is -2.41. The number of azide groups is 1. The van der Waals surface area contributed by atoms with Crippen LogP contribution in [0.3, 0.4) is 0 Å². The Morgan fingerprint density at radius 2 is 1.38 bits per heavy atom. The first kappa shape index (κ1) is 29.3. The molecule has 3 aromatic rings. The predicted octanol–water partition coefficient (Wildman–Crippen LogP) is 3.78. The number of hydrogen-bond donors (Lipinski definition) is 0. The second-order valence-electron chi connectivity index (χ2n) is 8.44. The van der Waals surface area contributed by atoms with Crippen LogP contribution in [-0.2, 0) is 14.3 Å². The minimum Gasteiger partial charge on any atom is -0.497 e. The van der Waals surface area contributed by atoms with E-state index in [-0.39, 0.29) is 0 Å². The molecule has 0 fully saturated rings. The van der Waals surface area contributed by atoms with Crippen molar-refractivity contribution < 1.29 is 31.5 Å².